The maximum Gasteiger partial charge on any atom is 0.191 e. The van der Waals surface area contributed by atoms with Crippen molar-refractivity contribution in [3.05, 3.63) is 36.1 Å². The summed E-state index contributed by atoms with van der Waals surface area (Å²) in [6.07, 6.45) is 1.02. The van der Waals surface area contributed by atoms with Gasteiger partial charge in [-0.25, -0.2) is 0 Å². The SMILES string of the molecule is CN=C(NCCc1cc2ccccc2o1)NCC1CN(CC(C)C)CCO1.I. The van der Waals surface area contributed by atoms with Gasteiger partial charge >= 0.3 is 0 Å². The van der Waals surface area contributed by atoms with Crippen molar-refractivity contribution >= 4 is 40.9 Å². The molecule has 2 heterocycles. The number of nitrogens with zero attached hydrogens (tertiary/aromatic N) is 2. The lowest BCUT2D eigenvalue weighted by atomic mass is 10.2. The van der Waals surface area contributed by atoms with Crippen molar-refractivity contribution in [3.63, 3.8) is 0 Å². The fraction of sp³-hybridized carbons (Fsp3) is 0.571. The van der Waals surface area contributed by atoms with Gasteiger partial charge < -0.3 is 19.8 Å². The fourth-order valence-corrected chi connectivity index (χ4v) is 3.48. The van der Waals surface area contributed by atoms with E-state index in [1.165, 1.54) is 0 Å². The van der Waals surface area contributed by atoms with Crippen molar-refractivity contribution in [1.82, 2.24) is 15.5 Å². The Kier molecular flexibility index (Phi) is 9.53. The van der Waals surface area contributed by atoms with E-state index >= 15 is 0 Å². The summed E-state index contributed by atoms with van der Waals surface area (Å²) >= 11 is 0. The van der Waals surface area contributed by atoms with Crippen LogP contribution in [0.5, 0.6) is 0 Å². The van der Waals surface area contributed by atoms with Gasteiger partial charge in [-0.05, 0) is 18.1 Å². The molecule has 156 valence electrons. The molecule has 6 nitrogen and oxygen atoms in total. The van der Waals surface area contributed by atoms with Gasteiger partial charge in [0.2, 0.25) is 0 Å². The van der Waals surface area contributed by atoms with Gasteiger partial charge in [-0.2, -0.15) is 0 Å². The van der Waals surface area contributed by atoms with Gasteiger partial charge in [0.25, 0.3) is 0 Å². The molecule has 1 atom stereocenters. The minimum atomic E-state index is 0. The van der Waals surface area contributed by atoms with Crippen LogP contribution in [0.25, 0.3) is 11.0 Å². The van der Waals surface area contributed by atoms with E-state index in [9.17, 15) is 0 Å². The average Bonchev–Trinajstić information content (AvgIpc) is 3.07. The van der Waals surface area contributed by atoms with Gasteiger partial charge in [-0.15, -0.1) is 24.0 Å². The molecule has 1 fully saturated rings. The Morgan fingerprint density at radius 1 is 1.29 bits per heavy atom. The predicted molar refractivity (Wildman–Crippen MR) is 126 cm³/mol. The normalized spacial score (nSPS) is 18.3. The van der Waals surface area contributed by atoms with Crippen LogP contribution in [0.3, 0.4) is 0 Å². The highest BCUT2D eigenvalue weighted by atomic mass is 127. The molecule has 1 aromatic heterocycles. The molecular formula is C21H33IN4O2. The lowest BCUT2D eigenvalue weighted by molar-refractivity contribution is -0.0284. The molecule has 0 radical (unpaired) electrons. The lowest BCUT2D eigenvalue weighted by Crippen LogP contribution is -2.50. The van der Waals surface area contributed by atoms with E-state index in [2.05, 4.69) is 46.5 Å². The third-order valence-corrected chi connectivity index (χ3v) is 4.71. The Morgan fingerprint density at radius 3 is 2.86 bits per heavy atom. The molecular weight excluding hydrogens is 467 g/mol. The van der Waals surface area contributed by atoms with Crippen molar-refractivity contribution < 1.29 is 9.15 Å². The minimum Gasteiger partial charge on any atom is -0.461 e. The lowest BCUT2D eigenvalue weighted by Gasteiger charge is -2.34. The first kappa shape index (κ1) is 23.0. The number of halogens is 1. The number of hydrogen-bond acceptors (Lipinski definition) is 4. The van der Waals surface area contributed by atoms with E-state index in [0.29, 0.717) is 5.92 Å². The van der Waals surface area contributed by atoms with Gasteiger partial charge in [0.1, 0.15) is 11.3 Å². The number of morpholine rings is 1. The topological polar surface area (TPSA) is 62.0 Å². The first-order valence-corrected chi connectivity index (χ1v) is 9.90. The standard InChI is InChI=1S/C21H32N4O2.HI/c1-16(2)14-25-10-11-26-19(15-25)13-24-21(22-3)23-9-8-18-12-17-6-4-5-7-20(17)27-18;/h4-7,12,16,19H,8-11,13-15H2,1-3H3,(H2,22,23,24);1H. The second-order valence-corrected chi connectivity index (χ2v) is 7.53. The molecule has 0 saturated carbocycles. The van der Waals surface area contributed by atoms with Crippen molar-refractivity contribution in [1.29, 1.82) is 0 Å². The van der Waals surface area contributed by atoms with Gasteiger partial charge in [0.05, 0.1) is 12.7 Å². The van der Waals surface area contributed by atoms with Gasteiger partial charge in [0.15, 0.2) is 5.96 Å². The third-order valence-electron chi connectivity index (χ3n) is 4.71. The predicted octanol–water partition coefficient (Wildman–Crippen LogP) is 3.12. The zero-order valence-electron chi connectivity index (χ0n) is 17.1. The average molecular weight is 500 g/mol. The molecule has 3 rings (SSSR count). The molecule has 28 heavy (non-hydrogen) atoms. The molecule has 0 aliphatic carbocycles. The monoisotopic (exact) mass is 500 g/mol. The summed E-state index contributed by atoms with van der Waals surface area (Å²) in [6, 6.07) is 10.2. The second-order valence-electron chi connectivity index (χ2n) is 7.53. The van der Waals surface area contributed by atoms with Crippen LogP contribution in [0, 0.1) is 5.92 Å². The summed E-state index contributed by atoms with van der Waals surface area (Å²) in [5.74, 6) is 2.47. The number of hydrogen-bond donors (Lipinski definition) is 2. The van der Waals surface area contributed by atoms with Crippen LogP contribution < -0.4 is 10.6 Å². The highest BCUT2D eigenvalue weighted by Crippen LogP contribution is 2.18. The van der Waals surface area contributed by atoms with E-state index < -0.39 is 0 Å². The minimum absolute atomic E-state index is 0. The number of ether oxygens (including phenoxy) is 1. The molecule has 1 aliphatic rings. The Labute approximate surface area is 185 Å². The smallest absolute Gasteiger partial charge is 0.191 e. The number of rotatable bonds is 7. The van der Waals surface area contributed by atoms with Crippen LogP contribution >= 0.6 is 24.0 Å². The van der Waals surface area contributed by atoms with Crippen LogP contribution in [-0.4, -0.2) is 63.3 Å². The van der Waals surface area contributed by atoms with Crippen LogP contribution in [0.4, 0.5) is 0 Å². The molecule has 1 aliphatic heterocycles. The Hall–Kier alpha value is -1.32. The summed E-state index contributed by atoms with van der Waals surface area (Å²) in [5.41, 5.74) is 0.940. The Balaban J connectivity index is 0.00000280. The highest BCUT2D eigenvalue weighted by molar-refractivity contribution is 14.0. The molecule has 2 N–H and O–H groups in total. The van der Waals surface area contributed by atoms with E-state index in [4.69, 9.17) is 9.15 Å². The number of guanidine groups is 1. The summed E-state index contributed by atoms with van der Waals surface area (Å²) in [4.78, 5) is 6.79. The van der Waals surface area contributed by atoms with Crippen LogP contribution in [0.1, 0.15) is 19.6 Å². The van der Waals surface area contributed by atoms with E-state index in [0.717, 1.165) is 68.4 Å². The Bertz CT molecular complexity index is 714. The second kappa shape index (κ2) is 11.6. The molecule has 0 bridgehead atoms. The maximum absolute atomic E-state index is 5.89. The highest BCUT2D eigenvalue weighted by Gasteiger charge is 2.21. The molecule has 0 amide bonds. The zero-order chi connectivity index (χ0) is 19.1. The molecule has 2 aromatic rings. The van der Waals surface area contributed by atoms with E-state index in [-0.39, 0.29) is 30.1 Å². The fourth-order valence-electron chi connectivity index (χ4n) is 3.48. The molecule has 1 aromatic carbocycles. The Morgan fingerprint density at radius 2 is 2.11 bits per heavy atom. The van der Waals surface area contributed by atoms with Crippen LogP contribution in [0.15, 0.2) is 39.7 Å². The van der Waals surface area contributed by atoms with E-state index in [1.54, 1.807) is 7.05 Å². The first-order chi connectivity index (χ1) is 13.1. The summed E-state index contributed by atoms with van der Waals surface area (Å²) < 4.78 is 11.7. The summed E-state index contributed by atoms with van der Waals surface area (Å²) in [7, 11) is 1.79. The molecule has 7 heteroatoms. The number of fused-ring (bicyclic) bond motifs is 1. The van der Waals surface area contributed by atoms with Crippen molar-refractivity contribution in [3.8, 4) is 0 Å². The zero-order valence-corrected chi connectivity index (χ0v) is 19.4. The van der Waals surface area contributed by atoms with Gasteiger partial charge in [-0.3, -0.25) is 9.89 Å². The maximum atomic E-state index is 5.89. The number of aliphatic imine (C=N–C) groups is 1. The number of furan rings is 1. The van der Waals surface area contributed by atoms with Crippen molar-refractivity contribution in [2.75, 3.05) is 46.4 Å². The van der Waals surface area contributed by atoms with Crippen molar-refractivity contribution in [2.45, 2.75) is 26.4 Å². The molecule has 1 saturated heterocycles. The van der Waals surface area contributed by atoms with Crippen molar-refractivity contribution in [2.24, 2.45) is 10.9 Å². The number of para-hydroxylation sites is 1. The van der Waals surface area contributed by atoms with Crippen LogP contribution in [-0.2, 0) is 11.2 Å². The summed E-state index contributed by atoms with van der Waals surface area (Å²) in [6.45, 7) is 9.98. The summed E-state index contributed by atoms with van der Waals surface area (Å²) in [5, 5.41) is 7.89. The largest absolute Gasteiger partial charge is 0.461 e. The van der Waals surface area contributed by atoms with E-state index in [1.807, 2.05) is 18.2 Å². The van der Waals surface area contributed by atoms with Crippen LogP contribution in [0.2, 0.25) is 0 Å². The van der Waals surface area contributed by atoms with Gasteiger partial charge in [-0.1, -0.05) is 32.0 Å². The van der Waals surface area contributed by atoms with Gasteiger partial charge in [0, 0.05) is 51.6 Å². The number of benzene rings is 1. The third kappa shape index (κ3) is 6.93. The molecule has 1 unspecified atom stereocenters. The first-order valence-electron chi connectivity index (χ1n) is 9.90. The molecule has 0 spiro atoms. The quantitative estimate of drug-likeness (QED) is 0.348. The number of nitrogens with one attached hydrogen (secondary N) is 2.